The zero-order chi connectivity index (χ0) is 23.3. The van der Waals surface area contributed by atoms with Crippen LogP contribution in [-0.2, 0) is 26.9 Å². The Morgan fingerprint density at radius 2 is 1.91 bits per heavy atom. The van der Waals surface area contributed by atoms with Gasteiger partial charge in [-0.3, -0.25) is 4.90 Å². The van der Waals surface area contributed by atoms with Gasteiger partial charge in [0.2, 0.25) is 5.60 Å². The molecule has 0 radical (unpaired) electrons. The minimum Gasteiger partial charge on any atom is -0.467 e. The van der Waals surface area contributed by atoms with E-state index in [0.717, 1.165) is 22.0 Å². The first-order valence-electron chi connectivity index (χ1n) is 9.39. The Balaban J connectivity index is 1.66. The molecule has 1 unspecified atom stereocenters. The highest BCUT2D eigenvalue weighted by Gasteiger charge is 2.55. The standard InChI is InChI=1S/C21H17ClF3N3O4/c1-27(15-6-3-13(4-7-15)21(23,24)25)19(30)28-11-32-20(18(29)31-2)10-12-9-14(22)5-8-16(12)17(20)26-28/h3-9H,10-11H2,1-2H3. The number of hydrazone groups is 1. The number of carbonyl (C=O) groups excluding carboxylic acids is 2. The number of amides is 2. The number of ether oxygens (including phenoxy) is 2. The van der Waals surface area contributed by atoms with Gasteiger partial charge < -0.3 is 9.47 Å². The van der Waals surface area contributed by atoms with Crippen molar-refractivity contribution in [2.45, 2.75) is 18.2 Å². The number of hydrogen-bond acceptors (Lipinski definition) is 5. The van der Waals surface area contributed by atoms with Gasteiger partial charge in [0, 0.05) is 29.7 Å². The summed E-state index contributed by atoms with van der Waals surface area (Å²) >= 11 is 6.07. The summed E-state index contributed by atoms with van der Waals surface area (Å²) in [6, 6.07) is 8.48. The molecule has 1 heterocycles. The summed E-state index contributed by atoms with van der Waals surface area (Å²) in [6.07, 6.45) is -4.34. The van der Waals surface area contributed by atoms with Crippen LogP contribution in [0, 0.1) is 0 Å². The first kappa shape index (κ1) is 22.1. The number of nitrogens with zero attached hydrogens (tertiary/aromatic N) is 3. The fourth-order valence-electron chi connectivity index (χ4n) is 3.73. The van der Waals surface area contributed by atoms with Crippen LogP contribution in [0.25, 0.3) is 0 Å². The lowest BCUT2D eigenvalue weighted by atomic mass is 9.97. The van der Waals surface area contributed by atoms with Crippen molar-refractivity contribution in [1.29, 1.82) is 0 Å². The fourth-order valence-corrected chi connectivity index (χ4v) is 3.93. The number of hydrogen-bond donors (Lipinski definition) is 0. The van der Waals surface area contributed by atoms with Crippen LogP contribution >= 0.6 is 11.6 Å². The van der Waals surface area contributed by atoms with E-state index in [1.54, 1.807) is 18.2 Å². The molecule has 32 heavy (non-hydrogen) atoms. The maximum atomic E-state index is 13.0. The number of rotatable bonds is 2. The van der Waals surface area contributed by atoms with Gasteiger partial charge in [-0.05, 0) is 42.0 Å². The normalized spacial score (nSPS) is 19.7. The van der Waals surface area contributed by atoms with Crippen LogP contribution in [0.5, 0.6) is 0 Å². The maximum Gasteiger partial charge on any atom is 0.416 e. The van der Waals surface area contributed by atoms with Crippen LogP contribution in [0.1, 0.15) is 16.7 Å². The molecule has 0 saturated heterocycles. The lowest BCUT2D eigenvalue weighted by Crippen LogP contribution is -2.56. The predicted molar refractivity (Wildman–Crippen MR) is 109 cm³/mol. The van der Waals surface area contributed by atoms with Crippen LogP contribution in [0.4, 0.5) is 23.7 Å². The van der Waals surface area contributed by atoms with Crippen LogP contribution in [0.15, 0.2) is 47.6 Å². The van der Waals surface area contributed by atoms with Crippen molar-refractivity contribution in [3.8, 4) is 0 Å². The van der Waals surface area contributed by atoms with Crippen molar-refractivity contribution in [2.75, 3.05) is 25.8 Å². The molecule has 2 amide bonds. The van der Waals surface area contributed by atoms with Crippen molar-refractivity contribution in [3.05, 3.63) is 64.2 Å². The van der Waals surface area contributed by atoms with E-state index in [4.69, 9.17) is 21.1 Å². The number of benzene rings is 2. The number of methoxy groups -OCH3 is 1. The molecule has 1 atom stereocenters. The maximum absolute atomic E-state index is 13.0. The Labute approximate surface area is 185 Å². The molecule has 4 rings (SSSR count). The van der Waals surface area contributed by atoms with E-state index in [9.17, 15) is 22.8 Å². The Hall–Kier alpha value is -3.11. The van der Waals surface area contributed by atoms with E-state index >= 15 is 0 Å². The number of fused-ring (bicyclic) bond motifs is 3. The molecule has 0 N–H and O–H groups in total. The number of carbonyl (C=O) groups is 2. The molecule has 0 saturated carbocycles. The quantitative estimate of drug-likeness (QED) is 0.624. The SMILES string of the molecule is COC(=O)C12Cc3cc(Cl)ccc3C1=NN(C(=O)N(C)c1ccc(C(F)(F)F)cc1)CO2. The third-order valence-corrected chi connectivity index (χ3v) is 5.64. The highest BCUT2D eigenvalue weighted by Crippen LogP contribution is 2.39. The van der Waals surface area contributed by atoms with Gasteiger partial charge in [0.1, 0.15) is 12.4 Å². The van der Waals surface area contributed by atoms with Crippen molar-refractivity contribution in [3.63, 3.8) is 0 Å². The number of alkyl halides is 3. The van der Waals surface area contributed by atoms with E-state index in [-0.39, 0.29) is 24.6 Å². The summed E-state index contributed by atoms with van der Waals surface area (Å²) in [4.78, 5) is 26.7. The highest BCUT2D eigenvalue weighted by atomic mass is 35.5. The van der Waals surface area contributed by atoms with Crippen LogP contribution < -0.4 is 4.90 Å². The lowest BCUT2D eigenvalue weighted by Gasteiger charge is -2.35. The average molecular weight is 468 g/mol. The molecule has 0 aromatic heterocycles. The zero-order valence-corrected chi connectivity index (χ0v) is 17.7. The van der Waals surface area contributed by atoms with Gasteiger partial charge in [-0.1, -0.05) is 17.7 Å². The first-order chi connectivity index (χ1) is 15.1. The van der Waals surface area contributed by atoms with Gasteiger partial charge in [-0.2, -0.15) is 23.3 Å². The minimum atomic E-state index is -4.48. The molecule has 7 nitrogen and oxygen atoms in total. The molecule has 2 aromatic carbocycles. The van der Waals surface area contributed by atoms with Gasteiger partial charge in [0.25, 0.3) is 0 Å². The van der Waals surface area contributed by atoms with Crippen molar-refractivity contribution in [2.24, 2.45) is 5.10 Å². The Morgan fingerprint density at radius 3 is 2.53 bits per heavy atom. The van der Waals surface area contributed by atoms with E-state index in [1.807, 2.05) is 0 Å². The van der Waals surface area contributed by atoms with Crippen molar-refractivity contribution in [1.82, 2.24) is 5.01 Å². The Morgan fingerprint density at radius 1 is 1.22 bits per heavy atom. The second kappa shape index (κ2) is 7.79. The fraction of sp³-hybridized carbons (Fsp3) is 0.286. The molecule has 0 spiro atoms. The molecule has 2 aliphatic rings. The average Bonchev–Trinajstić information content (AvgIpc) is 3.10. The molecular weight excluding hydrogens is 451 g/mol. The number of halogens is 4. The monoisotopic (exact) mass is 467 g/mol. The van der Waals surface area contributed by atoms with E-state index < -0.39 is 29.3 Å². The minimum absolute atomic E-state index is 0.144. The molecule has 168 valence electrons. The summed E-state index contributed by atoms with van der Waals surface area (Å²) in [5.74, 6) is -0.660. The summed E-state index contributed by atoms with van der Waals surface area (Å²) in [7, 11) is 2.62. The summed E-state index contributed by atoms with van der Waals surface area (Å²) in [6.45, 7) is -0.357. The topological polar surface area (TPSA) is 71.4 Å². The number of anilines is 1. The van der Waals surface area contributed by atoms with Gasteiger partial charge >= 0.3 is 18.2 Å². The van der Waals surface area contributed by atoms with Crippen LogP contribution in [-0.4, -0.2) is 49.2 Å². The van der Waals surface area contributed by atoms with E-state index in [0.29, 0.717) is 16.1 Å². The van der Waals surface area contributed by atoms with Gasteiger partial charge in [0.05, 0.1) is 12.7 Å². The molecule has 11 heteroatoms. The third kappa shape index (κ3) is 3.59. The predicted octanol–water partition coefficient (Wildman–Crippen LogP) is 4.08. The third-order valence-electron chi connectivity index (χ3n) is 5.40. The largest absolute Gasteiger partial charge is 0.467 e. The molecule has 1 aliphatic carbocycles. The van der Waals surface area contributed by atoms with Crippen LogP contribution in [0.2, 0.25) is 5.02 Å². The molecular formula is C21H17ClF3N3O4. The zero-order valence-electron chi connectivity index (χ0n) is 16.9. The van der Waals surface area contributed by atoms with Crippen LogP contribution in [0.3, 0.4) is 0 Å². The summed E-state index contributed by atoms with van der Waals surface area (Å²) < 4.78 is 49.2. The molecule has 1 aliphatic heterocycles. The van der Waals surface area contributed by atoms with Crippen molar-refractivity contribution >= 4 is 35.0 Å². The van der Waals surface area contributed by atoms with Gasteiger partial charge in [-0.15, -0.1) is 0 Å². The molecule has 0 fully saturated rings. The summed E-state index contributed by atoms with van der Waals surface area (Å²) in [5, 5.41) is 5.84. The van der Waals surface area contributed by atoms with Crippen molar-refractivity contribution < 1.29 is 32.2 Å². The van der Waals surface area contributed by atoms with E-state index in [2.05, 4.69) is 5.10 Å². The first-order valence-corrected chi connectivity index (χ1v) is 9.77. The van der Waals surface area contributed by atoms with Gasteiger partial charge in [0.15, 0.2) is 0 Å². The van der Waals surface area contributed by atoms with E-state index in [1.165, 1.54) is 26.3 Å². The second-order valence-corrected chi connectivity index (χ2v) is 7.74. The van der Waals surface area contributed by atoms with Gasteiger partial charge in [-0.25, -0.2) is 9.59 Å². The highest BCUT2D eigenvalue weighted by molar-refractivity contribution is 6.31. The number of urea groups is 1. The Bertz CT molecular complexity index is 1120. The second-order valence-electron chi connectivity index (χ2n) is 7.30. The summed E-state index contributed by atoms with van der Waals surface area (Å²) in [5.41, 5.74) is -0.594. The Kier molecular flexibility index (Phi) is 5.38. The smallest absolute Gasteiger partial charge is 0.416 e. The number of esters is 1. The molecule has 0 bridgehead atoms. The molecule has 2 aromatic rings. The lowest BCUT2D eigenvalue weighted by molar-refractivity contribution is -0.165.